The molecule has 0 atom stereocenters. The second-order valence-electron chi connectivity index (χ2n) is 3.74. The van der Waals surface area contributed by atoms with Crippen molar-refractivity contribution in [1.82, 2.24) is 5.32 Å². The highest BCUT2D eigenvalue weighted by Gasteiger charge is 2.17. The number of benzene rings is 1. The zero-order valence-electron chi connectivity index (χ0n) is 9.08. The summed E-state index contributed by atoms with van der Waals surface area (Å²) in [6.45, 7) is 3.54. The van der Waals surface area contributed by atoms with Gasteiger partial charge < -0.3 is 5.32 Å². The SMILES string of the molecule is C#CC(C)(C)NC(=O)Sc1ccc(Cl)cc1. The summed E-state index contributed by atoms with van der Waals surface area (Å²) in [4.78, 5) is 12.4. The number of terminal acetylenes is 1. The molecule has 0 spiro atoms. The number of carbonyl (C=O) groups excluding carboxylic acids is 1. The van der Waals surface area contributed by atoms with Gasteiger partial charge >= 0.3 is 0 Å². The van der Waals surface area contributed by atoms with Crippen LogP contribution in [0, 0.1) is 12.3 Å². The maximum Gasteiger partial charge on any atom is 0.285 e. The van der Waals surface area contributed by atoms with E-state index in [2.05, 4.69) is 11.2 Å². The van der Waals surface area contributed by atoms with Crippen molar-refractivity contribution in [3.63, 3.8) is 0 Å². The van der Waals surface area contributed by atoms with Gasteiger partial charge in [-0.2, -0.15) is 0 Å². The molecule has 1 aromatic rings. The molecule has 0 aliphatic rings. The zero-order chi connectivity index (χ0) is 12.2. The second-order valence-corrected chi connectivity index (χ2v) is 5.22. The molecule has 0 heterocycles. The van der Waals surface area contributed by atoms with Gasteiger partial charge in [0.2, 0.25) is 0 Å². The van der Waals surface area contributed by atoms with Crippen LogP contribution in [0.15, 0.2) is 29.2 Å². The number of halogens is 1. The minimum absolute atomic E-state index is 0.176. The molecular weight excluding hydrogens is 242 g/mol. The lowest BCUT2D eigenvalue weighted by molar-refractivity contribution is 0.256. The Morgan fingerprint density at radius 2 is 2.00 bits per heavy atom. The number of rotatable bonds is 2. The highest BCUT2D eigenvalue weighted by molar-refractivity contribution is 8.13. The van der Waals surface area contributed by atoms with Crippen LogP contribution in [0.3, 0.4) is 0 Å². The minimum Gasteiger partial charge on any atom is -0.331 e. The summed E-state index contributed by atoms with van der Waals surface area (Å²) in [6, 6.07) is 7.05. The van der Waals surface area contributed by atoms with Gasteiger partial charge in [0, 0.05) is 9.92 Å². The number of nitrogens with one attached hydrogen (secondary N) is 1. The Balaban J connectivity index is 2.59. The first-order valence-electron chi connectivity index (χ1n) is 4.66. The molecule has 4 heteroatoms. The van der Waals surface area contributed by atoms with Crippen molar-refractivity contribution in [2.75, 3.05) is 0 Å². The van der Waals surface area contributed by atoms with Gasteiger partial charge in [-0.25, -0.2) is 0 Å². The van der Waals surface area contributed by atoms with Crippen molar-refractivity contribution < 1.29 is 4.79 Å². The summed E-state index contributed by atoms with van der Waals surface area (Å²) >= 11 is 6.83. The molecule has 1 rings (SSSR count). The average molecular weight is 254 g/mol. The van der Waals surface area contributed by atoms with E-state index >= 15 is 0 Å². The van der Waals surface area contributed by atoms with Crippen LogP contribution in [0.1, 0.15) is 13.8 Å². The van der Waals surface area contributed by atoms with E-state index in [9.17, 15) is 4.79 Å². The van der Waals surface area contributed by atoms with E-state index in [-0.39, 0.29) is 5.24 Å². The van der Waals surface area contributed by atoms with Crippen molar-refractivity contribution in [3.8, 4) is 12.3 Å². The molecule has 0 radical (unpaired) electrons. The van der Waals surface area contributed by atoms with E-state index in [0.717, 1.165) is 16.7 Å². The lowest BCUT2D eigenvalue weighted by Crippen LogP contribution is -2.39. The number of carbonyl (C=O) groups is 1. The van der Waals surface area contributed by atoms with Gasteiger partial charge in [0.1, 0.15) is 0 Å². The van der Waals surface area contributed by atoms with Gasteiger partial charge in [0.05, 0.1) is 5.54 Å². The van der Waals surface area contributed by atoms with E-state index in [1.54, 1.807) is 38.1 Å². The molecule has 0 unspecified atom stereocenters. The van der Waals surface area contributed by atoms with Crippen molar-refractivity contribution in [2.24, 2.45) is 0 Å². The van der Waals surface area contributed by atoms with Crippen LogP contribution < -0.4 is 5.32 Å². The molecule has 84 valence electrons. The number of hydrogen-bond acceptors (Lipinski definition) is 2. The second kappa shape index (κ2) is 5.29. The van der Waals surface area contributed by atoms with Gasteiger partial charge in [-0.1, -0.05) is 17.5 Å². The van der Waals surface area contributed by atoms with Gasteiger partial charge in [-0.15, -0.1) is 6.42 Å². The molecule has 0 aliphatic heterocycles. The smallest absolute Gasteiger partial charge is 0.285 e. The Morgan fingerprint density at radius 1 is 1.44 bits per heavy atom. The molecule has 1 amide bonds. The monoisotopic (exact) mass is 253 g/mol. The number of hydrogen-bond donors (Lipinski definition) is 1. The van der Waals surface area contributed by atoms with E-state index < -0.39 is 5.54 Å². The fourth-order valence-electron chi connectivity index (χ4n) is 0.926. The van der Waals surface area contributed by atoms with Crippen molar-refractivity contribution in [2.45, 2.75) is 24.3 Å². The number of thioether (sulfide) groups is 1. The first-order chi connectivity index (χ1) is 7.43. The fourth-order valence-corrected chi connectivity index (χ4v) is 1.84. The highest BCUT2D eigenvalue weighted by atomic mass is 35.5. The molecular formula is C12H12ClNOS. The predicted molar refractivity (Wildman–Crippen MR) is 68.8 cm³/mol. The quantitative estimate of drug-likeness (QED) is 0.645. The third kappa shape index (κ3) is 4.18. The molecule has 0 aliphatic carbocycles. The molecule has 1 aromatic carbocycles. The lowest BCUT2D eigenvalue weighted by atomic mass is 10.1. The predicted octanol–water partition coefficient (Wildman–Crippen LogP) is 3.55. The molecule has 0 aromatic heterocycles. The van der Waals surface area contributed by atoms with Crippen LogP contribution in [-0.2, 0) is 0 Å². The third-order valence-corrected chi connectivity index (χ3v) is 2.85. The molecule has 1 N–H and O–H groups in total. The topological polar surface area (TPSA) is 29.1 Å². The molecule has 16 heavy (non-hydrogen) atoms. The van der Waals surface area contributed by atoms with Crippen molar-refractivity contribution >= 4 is 28.6 Å². The van der Waals surface area contributed by atoms with Crippen LogP contribution in [0.2, 0.25) is 5.02 Å². The van der Waals surface area contributed by atoms with Gasteiger partial charge in [-0.3, -0.25) is 4.79 Å². The molecule has 0 saturated carbocycles. The zero-order valence-corrected chi connectivity index (χ0v) is 10.7. The van der Waals surface area contributed by atoms with E-state index in [0.29, 0.717) is 5.02 Å². The van der Waals surface area contributed by atoms with Gasteiger partial charge in [0.15, 0.2) is 0 Å². The van der Waals surface area contributed by atoms with Crippen LogP contribution in [-0.4, -0.2) is 10.8 Å². The molecule has 2 nitrogen and oxygen atoms in total. The largest absolute Gasteiger partial charge is 0.331 e. The highest BCUT2D eigenvalue weighted by Crippen LogP contribution is 2.21. The number of amides is 1. The fraction of sp³-hybridized carbons (Fsp3) is 0.250. The maximum atomic E-state index is 11.6. The molecule has 0 fully saturated rings. The average Bonchev–Trinajstić information content (AvgIpc) is 2.21. The Morgan fingerprint density at radius 3 is 2.50 bits per heavy atom. The van der Waals surface area contributed by atoms with Gasteiger partial charge in [0.25, 0.3) is 5.24 Å². The summed E-state index contributed by atoms with van der Waals surface area (Å²) in [5, 5.41) is 3.20. The standard InChI is InChI=1S/C12H12ClNOS/c1-4-12(2,3)14-11(15)16-10-7-5-9(13)6-8-10/h1,5-8H,2-3H3,(H,14,15). The Hall–Kier alpha value is -1.11. The third-order valence-electron chi connectivity index (χ3n) is 1.80. The minimum atomic E-state index is -0.628. The van der Waals surface area contributed by atoms with Crippen molar-refractivity contribution in [1.29, 1.82) is 0 Å². The lowest BCUT2D eigenvalue weighted by Gasteiger charge is -2.18. The van der Waals surface area contributed by atoms with E-state index in [4.69, 9.17) is 18.0 Å². The first kappa shape index (κ1) is 13.0. The van der Waals surface area contributed by atoms with E-state index in [1.807, 2.05) is 0 Å². The van der Waals surface area contributed by atoms with Crippen LogP contribution in [0.5, 0.6) is 0 Å². The van der Waals surface area contributed by atoms with Gasteiger partial charge in [-0.05, 0) is 49.9 Å². The Bertz CT molecular complexity index is 420. The summed E-state index contributed by atoms with van der Waals surface area (Å²) in [5.41, 5.74) is -0.628. The first-order valence-corrected chi connectivity index (χ1v) is 5.86. The van der Waals surface area contributed by atoms with Crippen LogP contribution in [0.25, 0.3) is 0 Å². The van der Waals surface area contributed by atoms with Crippen molar-refractivity contribution in [3.05, 3.63) is 29.3 Å². The summed E-state index contributed by atoms with van der Waals surface area (Å²) < 4.78 is 0. The summed E-state index contributed by atoms with van der Waals surface area (Å²) in [7, 11) is 0. The maximum absolute atomic E-state index is 11.6. The molecule has 0 saturated heterocycles. The summed E-state index contributed by atoms with van der Waals surface area (Å²) in [6.07, 6.45) is 5.28. The molecule has 0 bridgehead atoms. The Labute approximate surface area is 105 Å². The van der Waals surface area contributed by atoms with Crippen LogP contribution >= 0.6 is 23.4 Å². The van der Waals surface area contributed by atoms with Crippen LogP contribution in [0.4, 0.5) is 4.79 Å². The summed E-state index contributed by atoms with van der Waals surface area (Å²) in [5.74, 6) is 2.50. The Kier molecular flexibility index (Phi) is 4.28. The normalized spacial score (nSPS) is 10.6. The van der Waals surface area contributed by atoms with E-state index in [1.165, 1.54) is 0 Å².